The fraction of sp³-hybridized carbons (Fsp3) is 0.250. The predicted molar refractivity (Wildman–Crippen MR) is 82.7 cm³/mol. The highest BCUT2D eigenvalue weighted by atomic mass is 16.2. The van der Waals surface area contributed by atoms with Crippen molar-refractivity contribution in [2.75, 3.05) is 13.1 Å². The molecule has 3 heterocycles. The number of hydrogen-bond acceptors (Lipinski definition) is 4. The summed E-state index contributed by atoms with van der Waals surface area (Å²) in [6.45, 7) is 2.07. The Morgan fingerprint density at radius 2 is 1.83 bits per heavy atom. The van der Waals surface area contributed by atoms with Crippen LogP contribution in [0.4, 0.5) is 0 Å². The first-order chi connectivity index (χ1) is 11.3. The van der Waals surface area contributed by atoms with E-state index in [2.05, 4.69) is 15.2 Å². The molecule has 0 bridgehead atoms. The molecule has 3 aromatic rings. The van der Waals surface area contributed by atoms with E-state index >= 15 is 0 Å². The lowest BCUT2D eigenvalue weighted by Crippen LogP contribution is -2.51. The van der Waals surface area contributed by atoms with Crippen LogP contribution in [0.25, 0.3) is 0 Å². The summed E-state index contributed by atoms with van der Waals surface area (Å²) >= 11 is 0. The van der Waals surface area contributed by atoms with Crippen molar-refractivity contribution in [2.24, 2.45) is 0 Å². The lowest BCUT2D eigenvalue weighted by atomic mass is 10.1. The van der Waals surface area contributed by atoms with Crippen LogP contribution in [-0.2, 0) is 6.54 Å². The molecule has 116 valence electrons. The largest absolute Gasteiger partial charge is 0.334 e. The second-order valence-electron chi connectivity index (χ2n) is 5.65. The van der Waals surface area contributed by atoms with Gasteiger partial charge in [0.05, 0.1) is 18.7 Å². The highest BCUT2D eigenvalue weighted by molar-refractivity contribution is 5.94. The molecule has 1 aliphatic heterocycles. The van der Waals surface area contributed by atoms with Crippen LogP contribution >= 0.6 is 0 Å². The zero-order valence-corrected chi connectivity index (χ0v) is 12.5. The molecule has 0 N–H and O–H groups in total. The number of carbonyl (C=O) groups excluding carboxylic acids is 1. The number of aromatic nitrogens is 5. The Bertz CT molecular complexity index is 773. The van der Waals surface area contributed by atoms with Gasteiger partial charge in [0.1, 0.15) is 6.04 Å². The van der Waals surface area contributed by atoms with Gasteiger partial charge in [-0.25, -0.2) is 4.98 Å². The van der Waals surface area contributed by atoms with E-state index in [-0.39, 0.29) is 11.9 Å². The van der Waals surface area contributed by atoms with E-state index in [1.807, 2.05) is 39.9 Å². The molecule has 1 aliphatic rings. The molecule has 0 radical (unpaired) electrons. The van der Waals surface area contributed by atoms with Crippen LogP contribution in [0.5, 0.6) is 0 Å². The van der Waals surface area contributed by atoms with E-state index in [1.54, 1.807) is 29.7 Å². The van der Waals surface area contributed by atoms with Gasteiger partial charge in [-0.2, -0.15) is 15.0 Å². The first-order valence-corrected chi connectivity index (χ1v) is 7.49. The molecular formula is C16H16N6O. The summed E-state index contributed by atoms with van der Waals surface area (Å²) in [5.41, 5.74) is 1.85. The van der Waals surface area contributed by atoms with Crippen LogP contribution in [0.2, 0.25) is 0 Å². The summed E-state index contributed by atoms with van der Waals surface area (Å²) in [4.78, 5) is 19.9. The van der Waals surface area contributed by atoms with Crippen molar-refractivity contribution in [1.29, 1.82) is 0 Å². The van der Waals surface area contributed by atoms with Crippen LogP contribution < -0.4 is 0 Å². The fourth-order valence-corrected chi connectivity index (χ4v) is 2.71. The van der Waals surface area contributed by atoms with Crippen LogP contribution in [0.1, 0.15) is 22.0 Å². The number of rotatable bonds is 4. The van der Waals surface area contributed by atoms with Crippen molar-refractivity contribution in [1.82, 2.24) is 29.4 Å². The molecule has 1 fully saturated rings. The summed E-state index contributed by atoms with van der Waals surface area (Å²) in [6.07, 6.45) is 8.77. The lowest BCUT2D eigenvalue weighted by molar-refractivity contribution is 0.0476. The fourth-order valence-electron chi connectivity index (χ4n) is 2.71. The number of nitrogens with zero attached hydrogens (tertiary/aromatic N) is 6. The molecule has 0 saturated carbocycles. The molecule has 0 atom stereocenters. The molecule has 2 aromatic heterocycles. The average molecular weight is 308 g/mol. The van der Waals surface area contributed by atoms with Crippen molar-refractivity contribution < 1.29 is 4.79 Å². The second-order valence-corrected chi connectivity index (χ2v) is 5.65. The number of likely N-dealkylation sites (tertiary alicyclic amines) is 1. The molecule has 23 heavy (non-hydrogen) atoms. The van der Waals surface area contributed by atoms with Gasteiger partial charge in [0.15, 0.2) is 0 Å². The van der Waals surface area contributed by atoms with E-state index in [1.165, 1.54) is 0 Å². The Kier molecular flexibility index (Phi) is 3.38. The summed E-state index contributed by atoms with van der Waals surface area (Å²) in [5, 5.41) is 8.22. The van der Waals surface area contributed by atoms with Gasteiger partial charge in [-0.15, -0.1) is 0 Å². The van der Waals surface area contributed by atoms with Gasteiger partial charge in [0, 0.05) is 37.6 Å². The van der Waals surface area contributed by atoms with Crippen molar-refractivity contribution in [3.05, 3.63) is 66.5 Å². The first kappa shape index (κ1) is 13.7. The molecule has 1 saturated heterocycles. The summed E-state index contributed by atoms with van der Waals surface area (Å²) < 4.78 is 1.99. The molecule has 1 amide bonds. The van der Waals surface area contributed by atoms with Gasteiger partial charge < -0.3 is 9.47 Å². The molecule has 0 aliphatic carbocycles. The standard InChI is InChI=1S/C16H16N6O/c23-16(21-10-15(11-21)22-18-5-6-19-22)14-3-1-13(2-4-14)9-20-8-7-17-12-20/h1-8,12,15H,9-11H2. The normalized spacial score (nSPS) is 14.7. The Morgan fingerprint density at radius 3 is 2.48 bits per heavy atom. The topological polar surface area (TPSA) is 68.8 Å². The predicted octanol–water partition coefficient (Wildman–Crippen LogP) is 1.22. The minimum Gasteiger partial charge on any atom is -0.334 e. The summed E-state index contributed by atoms with van der Waals surface area (Å²) in [7, 11) is 0. The van der Waals surface area contributed by atoms with Crippen LogP contribution in [0, 0.1) is 0 Å². The number of amides is 1. The minimum absolute atomic E-state index is 0.0580. The molecule has 0 spiro atoms. The number of benzene rings is 1. The maximum atomic E-state index is 12.4. The van der Waals surface area contributed by atoms with Gasteiger partial charge in [-0.1, -0.05) is 12.1 Å². The Balaban J connectivity index is 1.38. The monoisotopic (exact) mass is 308 g/mol. The maximum absolute atomic E-state index is 12.4. The zero-order valence-electron chi connectivity index (χ0n) is 12.5. The highest BCUT2D eigenvalue weighted by Crippen LogP contribution is 2.21. The third kappa shape index (κ3) is 2.73. The van der Waals surface area contributed by atoms with Crippen LogP contribution in [0.15, 0.2) is 55.4 Å². The Labute approximate surface area is 133 Å². The average Bonchev–Trinajstić information content (AvgIpc) is 3.20. The van der Waals surface area contributed by atoms with Crippen molar-refractivity contribution in [3.63, 3.8) is 0 Å². The summed E-state index contributed by atoms with van der Waals surface area (Å²) in [6, 6.07) is 7.93. The van der Waals surface area contributed by atoms with Gasteiger partial charge in [0.25, 0.3) is 5.91 Å². The molecule has 7 nitrogen and oxygen atoms in total. The number of carbonyl (C=O) groups is 1. The quantitative estimate of drug-likeness (QED) is 0.727. The van der Waals surface area contributed by atoms with Gasteiger partial charge in [-0.3, -0.25) is 4.79 Å². The van der Waals surface area contributed by atoms with Crippen molar-refractivity contribution in [2.45, 2.75) is 12.6 Å². The number of imidazole rings is 1. The van der Waals surface area contributed by atoms with Crippen LogP contribution in [-0.4, -0.2) is 48.4 Å². The molecule has 7 heteroatoms. The molecule has 0 unspecified atom stereocenters. The third-order valence-corrected chi connectivity index (χ3v) is 4.04. The van der Waals surface area contributed by atoms with E-state index in [4.69, 9.17) is 0 Å². The van der Waals surface area contributed by atoms with Gasteiger partial charge in [0.2, 0.25) is 0 Å². The van der Waals surface area contributed by atoms with E-state index in [0.717, 1.165) is 12.1 Å². The van der Waals surface area contributed by atoms with Gasteiger partial charge in [-0.05, 0) is 17.7 Å². The molecule has 1 aromatic carbocycles. The highest BCUT2D eigenvalue weighted by Gasteiger charge is 2.33. The molecular weight excluding hydrogens is 292 g/mol. The van der Waals surface area contributed by atoms with E-state index < -0.39 is 0 Å². The van der Waals surface area contributed by atoms with E-state index in [9.17, 15) is 4.79 Å². The SMILES string of the molecule is O=C(c1ccc(Cn2ccnc2)cc1)N1CC(n2nccn2)C1. The van der Waals surface area contributed by atoms with Gasteiger partial charge >= 0.3 is 0 Å². The lowest BCUT2D eigenvalue weighted by Gasteiger charge is -2.38. The Morgan fingerprint density at radius 1 is 1.09 bits per heavy atom. The first-order valence-electron chi connectivity index (χ1n) is 7.49. The Hall–Kier alpha value is -2.96. The number of hydrogen-bond donors (Lipinski definition) is 0. The zero-order chi connectivity index (χ0) is 15.6. The van der Waals surface area contributed by atoms with E-state index in [0.29, 0.717) is 18.7 Å². The summed E-state index contributed by atoms with van der Waals surface area (Å²) in [5.74, 6) is 0.0580. The second kappa shape index (κ2) is 5.68. The van der Waals surface area contributed by atoms with Crippen molar-refractivity contribution in [3.8, 4) is 0 Å². The molecule has 4 rings (SSSR count). The minimum atomic E-state index is 0.0580. The van der Waals surface area contributed by atoms with Crippen molar-refractivity contribution >= 4 is 5.91 Å². The smallest absolute Gasteiger partial charge is 0.254 e. The third-order valence-electron chi connectivity index (χ3n) is 4.04. The maximum Gasteiger partial charge on any atom is 0.254 e. The van der Waals surface area contributed by atoms with Crippen LogP contribution in [0.3, 0.4) is 0 Å².